The van der Waals surface area contributed by atoms with E-state index in [1.165, 1.54) is 12.3 Å². The fourth-order valence-corrected chi connectivity index (χ4v) is 6.79. The monoisotopic (exact) mass is 717 g/mol. The van der Waals surface area contributed by atoms with E-state index in [0.717, 1.165) is 21.7 Å². The number of carbonyl (C=O) groups is 1. The number of nitrogens with zero attached hydrogens (tertiary/aromatic N) is 3. The van der Waals surface area contributed by atoms with Gasteiger partial charge >= 0.3 is 5.97 Å². The quantitative estimate of drug-likeness (QED) is 0.0771. The van der Waals surface area contributed by atoms with Gasteiger partial charge in [0.05, 0.1) is 45.3 Å². The zero-order chi connectivity index (χ0) is 34.9. The van der Waals surface area contributed by atoms with Gasteiger partial charge in [0.15, 0.2) is 10.4 Å². The maximum atomic E-state index is 13.8. The summed E-state index contributed by atoms with van der Waals surface area (Å²) in [5, 5.41) is 7.60. The first-order valence-electron chi connectivity index (χ1n) is 16.0. The van der Waals surface area contributed by atoms with Gasteiger partial charge in [0.1, 0.15) is 24.0 Å². The van der Waals surface area contributed by atoms with Gasteiger partial charge in [-0.3, -0.25) is 10.1 Å². The van der Waals surface area contributed by atoms with Crippen LogP contribution >= 0.6 is 11.3 Å². The van der Waals surface area contributed by atoms with Gasteiger partial charge in [-0.05, 0) is 35.4 Å². The minimum Gasteiger partial charge on any atom is -0.462 e. The smallest absolute Gasteiger partial charge is 0.325 e. The first-order chi connectivity index (χ1) is 24.5. The summed E-state index contributed by atoms with van der Waals surface area (Å²) in [6.45, 7) is 2.62. The molecule has 5 rings (SSSR count). The van der Waals surface area contributed by atoms with Crippen LogP contribution in [-0.2, 0) is 46.7 Å². The van der Waals surface area contributed by atoms with E-state index in [0.29, 0.717) is 38.9 Å². The number of hydrogen-bond donors (Lipinski definition) is 2. The molecule has 0 bridgehead atoms. The summed E-state index contributed by atoms with van der Waals surface area (Å²) in [5.74, 6) is -0.194. The fraction of sp³-hybridized carbons (Fsp3) is 0.278. The molecule has 0 saturated carbocycles. The van der Waals surface area contributed by atoms with E-state index in [1.54, 1.807) is 47.9 Å². The zero-order valence-electron chi connectivity index (χ0n) is 27.3. The van der Waals surface area contributed by atoms with E-state index in [4.69, 9.17) is 18.9 Å². The Balaban J connectivity index is 1.06. The van der Waals surface area contributed by atoms with E-state index < -0.39 is 21.2 Å². The van der Waals surface area contributed by atoms with Gasteiger partial charge in [0.25, 0.3) is 0 Å². The molecule has 0 spiro atoms. The Kier molecular flexibility index (Phi) is 14.4. The number of hydrogen-bond acceptors (Lipinski definition) is 13. The van der Waals surface area contributed by atoms with Crippen molar-refractivity contribution in [1.29, 1.82) is 0 Å². The molecule has 0 saturated heterocycles. The second-order valence-electron chi connectivity index (χ2n) is 10.8. The normalized spacial score (nSPS) is 12.0. The predicted octanol–water partition coefficient (Wildman–Crippen LogP) is 5.07. The number of pyridine rings is 2. The number of sulfone groups is 1. The Hall–Kier alpha value is -4.57. The van der Waals surface area contributed by atoms with Crippen LogP contribution in [0.15, 0.2) is 114 Å². The van der Waals surface area contributed by atoms with Crippen LogP contribution < -0.4 is 10.6 Å². The van der Waals surface area contributed by atoms with Crippen molar-refractivity contribution in [3.63, 3.8) is 0 Å². The first-order valence-corrected chi connectivity index (χ1v) is 18.4. The molecule has 0 amide bonds. The fourth-order valence-electron chi connectivity index (χ4n) is 4.68. The highest BCUT2D eigenvalue weighted by atomic mass is 32.2. The van der Waals surface area contributed by atoms with Crippen LogP contribution in [0.4, 0.5) is 5.82 Å². The maximum absolute atomic E-state index is 13.8. The van der Waals surface area contributed by atoms with Crippen molar-refractivity contribution >= 4 is 33.0 Å². The second kappa shape index (κ2) is 19.6. The highest BCUT2D eigenvalue weighted by Crippen LogP contribution is 2.27. The molecular weight excluding hydrogens is 679 g/mol. The standard InChI is InChI=1S/C36H39N5O7S2/c42-34(48-23-22-46-19-18-45-20-21-47-27-29-7-2-1-3-8-29)26-39-32-10-6-9-31(41-32)36(50(43,44)33-11-4-5-16-37-33)40-25-28-12-14-30(15-13-28)35-38-17-24-49-35/h1-17,24,36,40H,18-23,25-27H2,(H,39,41). The Labute approximate surface area is 295 Å². The highest BCUT2D eigenvalue weighted by molar-refractivity contribution is 7.91. The van der Waals surface area contributed by atoms with Gasteiger partial charge in [-0.2, -0.15) is 0 Å². The van der Waals surface area contributed by atoms with Crippen molar-refractivity contribution in [2.24, 2.45) is 0 Å². The molecule has 1 atom stereocenters. The van der Waals surface area contributed by atoms with Gasteiger partial charge in [-0.15, -0.1) is 11.3 Å². The van der Waals surface area contributed by atoms with E-state index in [2.05, 4.69) is 25.6 Å². The Morgan fingerprint density at radius 2 is 1.48 bits per heavy atom. The summed E-state index contributed by atoms with van der Waals surface area (Å²) in [7, 11) is -4.00. The Morgan fingerprint density at radius 1 is 0.740 bits per heavy atom. The molecule has 0 aliphatic rings. The molecule has 3 aromatic heterocycles. The lowest BCUT2D eigenvalue weighted by molar-refractivity contribution is -0.143. The van der Waals surface area contributed by atoms with E-state index >= 15 is 0 Å². The highest BCUT2D eigenvalue weighted by Gasteiger charge is 2.31. The minimum absolute atomic E-state index is 0.0767. The number of benzene rings is 2. The van der Waals surface area contributed by atoms with Crippen molar-refractivity contribution in [1.82, 2.24) is 20.3 Å². The van der Waals surface area contributed by atoms with Crippen LogP contribution in [-0.4, -0.2) is 75.5 Å². The number of esters is 1. The second-order valence-corrected chi connectivity index (χ2v) is 13.7. The average molecular weight is 718 g/mol. The van der Waals surface area contributed by atoms with Crippen LogP contribution in [0.3, 0.4) is 0 Å². The Bertz CT molecular complexity index is 1830. The van der Waals surface area contributed by atoms with Crippen LogP contribution in [0.2, 0.25) is 0 Å². The van der Waals surface area contributed by atoms with Crippen LogP contribution in [0.1, 0.15) is 22.2 Å². The van der Waals surface area contributed by atoms with Crippen LogP contribution in [0, 0.1) is 0 Å². The van der Waals surface area contributed by atoms with Gasteiger partial charge in [0.2, 0.25) is 9.84 Å². The summed E-state index contributed by atoms with van der Waals surface area (Å²) in [6.07, 6.45) is 3.19. The molecule has 0 radical (unpaired) electrons. The molecule has 5 aromatic rings. The van der Waals surface area contributed by atoms with Crippen LogP contribution in [0.5, 0.6) is 0 Å². The van der Waals surface area contributed by atoms with E-state index in [1.807, 2.05) is 60.0 Å². The number of nitrogens with one attached hydrogen (secondary N) is 2. The molecular formula is C36H39N5O7S2. The number of aromatic nitrogens is 3. The topological polar surface area (TPSA) is 151 Å². The molecule has 262 valence electrons. The summed E-state index contributed by atoms with van der Waals surface area (Å²) < 4.78 is 49.3. The van der Waals surface area contributed by atoms with Crippen LogP contribution in [0.25, 0.3) is 10.6 Å². The number of anilines is 1. The lowest BCUT2D eigenvalue weighted by Gasteiger charge is -2.19. The van der Waals surface area contributed by atoms with Crippen molar-refractivity contribution < 1.29 is 32.2 Å². The molecule has 3 heterocycles. The van der Waals surface area contributed by atoms with Crippen molar-refractivity contribution in [3.05, 3.63) is 126 Å². The lowest BCUT2D eigenvalue weighted by atomic mass is 10.1. The summed E-state index contributed by atoms with van der Waals surface area (Å²) in [4.78, 5) is 25.3. The summed E-state index contributed by atoms with van der Waals surface area (Å²) in [5.41, 5.74) is 3.21. The lowest BCUT2D eigenvalue weighted by Crippen LogP contribution is -2.30. The van der Waals surface area contributed by atoms with Crippen molar-refractivity contribution in [2.75, 3.05) is 51.5 Å². The third-order valence-corrected chi connectivity index (χ3v) is 9.84. The predicted molar refractivity (Wildman–Crippen MR) is 190 cm³/mol. The third kappa shape index (κ3) is 11.5. The number of ether oxygens (including phenoxy) is 4. The molecule has 0 aliphatic heterocycles. The third-order valence-electron chi connectivity index (χ3n) is 7.16. The molecule has 1 unspecified atom stereocenters. The average Bonchev–Trinajstić information content (AvgIpc) is 3.70. The summed E-state index contributed by atoms with van der Waals surface area (Å²) in [6, 6.07) is 27.3. The van der Waals surface area contributed by atoms with Crippen molar-refractivity contribution in [2.45, 2.75) is 23.6 Å². The maximum Gasteiger partial charge on any atom is 0.325 e. The van der Waals surface area contributed by atoms with Gasteiger partial charge in [-0.25, -0.2) is 23.4 Å². The SMILES string of the molecule is O=C(CNc1cccc(C(NCc2ccc(-c3nccs3)cc2)S(=O)(=O)c2ccccn2)n1)OCCOCCOCCOCc1ccccc1. The summed E-state index contributed by atoms with van der Waals surface area (Å²) >= 11 is 1.55. The number of carbonyl (C=O) groups excluding carboxylic acids is 1. The minimum atomic E-state index is -4.00. The molecule has 50 heavy (non-hydrogen) atoms. The van der Waals surface area contributed by atoms with E-state index in [-0.39, 0.29) is 37.0 Å². The molecule has 2 aromatic carbocycles. The number of rotatable bonds is 21. The number of thiazole rings is 1. The van der Waals surface area contributed by atoms with Gasteiger partial charge < -0.3 is 24.3 Å². The first kappa shape index (κ1) is 36.7. The van der Waals surface area contributed by atoms with Gasteiger partial charge in [-0.1, -0.05) is 66.7 Å². The Morgan fingerprint density at radius 3 is 2.20 bits per heavy atom. The van der Waals surface area contributed by atoms with E-state index in [9.17, 15) is 13.2 Å². The molecule has 2 N–H and O–H groups in total. The molecule has 0 aliphatic carbocycles. The molecule has 12 nitrogen and oxygen atoms in total. The van der Waals surface area contributed by atoms with Crippen molar-refractivity contribution in [3.8, 4) is 10.6 Å². The molecule has 14 heteroatoms. The largest absolute Gasteiger partial charge is 0.462 e. The zero-order valence-corrected chi connectivity index (χ0v) is 29.0. The van der Waals surface area contributed by atoms with Gasteiger partial charge in [0, 0.05) is 29.9 Å². The molecule has 0 fully saturated rings.